The fourth-order valence-electron chi connectivity index (χ4n) is 2.05. The first-order valence-corrected chi connectivity index (χ1v) is 9.94. The number of nitrogens with one attached hydrogen (secondary N) is 1. The van der Waals surface area contributed by atoms with E-state index in [4.69, 9.17) is 9.84 Å². The van der Waals surface area contributed by atoms with Crippen LogP contribution in [0.5, 0.6) is 5.75 Å². The van der Waals surface area contributed by atoms with E-state index in [1.165, 1.54) is 0 Å². The molecule has 0 unspecified atom stereocenters. The molecule has 0 aromatic heterocycles. The van der Waals surface area contributed by atoms with Gasteiger partial charge in [0, 0.05) is 10.2 Å². The number of anilines is 1. The van der Waals surface area contributed by atoms with E-state index in [0.29, 0.717) is 24.5 Å². The predicted molar refractivity (Wildman–Crippen MR) is 99.2 cm³/mol. The van der Waals surface area contributed by atoms with E-state index < -0.39 is 10.0 Å². The molecule has 2 N–H and O–H groups in total. The van der Waals surface area contributed by atoms with E-state index in [-0.39, 0.29) is 6.61 Å². The van der Waals surface area contributed by atoms with Crippen molar-refractivity contribution in [2.75, 3.05) is 17.6 Å². The smallest absolute Gasteiger partial charge is 0.229 e. The first kappa shape index (κ1) is 18.0. The molecule has 0 radical (unpaired) electrons. The van der Waals surface area contributed by atoms with Crippen molar-refractivity contribution >= 4 is 38.3 Å². The summed E-state index contributed by atoms with van der Waals surface area (Å²) < 4.78 is 32.3. The molecule has 0 spiro atoms. The van der Waals surface area contributed by atoms with Crippen molar-refractivity contribution < 1.29 is 18.3 Å². The van der Waals surface area contributed by atoms with E-state index in [1.807, 2.05) is 36.4 Å². The minimum Gasteiger partial charge on any atom is -0.487 e. The van der Waals surface area contributed by atoms with Crippen molar-refractivity contribution in [2.24, 2.45) is 0 Å². The first-order chi connectivity index (χ1) is 10.9. The summed E-state index contributed by atoms with van der Waals surface area (Å²) >= 11 is 2.07. The van der Waals surface area contributed by atoms with Crippen LogP contribution in [0.3, 0.4) is 0 Å². The van der Waals surface area contributed by atoms with Crippen LogP contribution in [-0.4, -0.2) is 26.4 Å². The molecule has 0 saturated heterocycles. The Bertz CT molecular complexity index is 763. The van der Waals surface area contributed by atoms with Crippen LogP contribution in [-0.2, 0) is 23.1 Å². The molecule has 0 saturated carbocycles. The second-order valence-electron chi connectivity index (χ2n) is 5.03. The number of aliphatic hydroxyl groups is 1. The fraction of sp³-hybridized carbons (Fsp3) is 0.250. The number of benzene rings is 2. The lowest BCUT2D eigenvalue weighted by molar-refractivity contribution is 0.298. The van der Waals surface area contributed by atoms with E-state index in [0.717, 1.165) is 21.0 Å². The summed E-state index contributed by atoms with van der Waals surface area (Å²) in [5.74, 6) is 0.463. The van der Waals surface area contributed by atoms with Crippen molar-refractivity contribution in [3.8, 4) is 5.75 Å². The van der Waals surface area contributed by atoms with E-state index in [1.54, 1.807) is 6.07 Å². The molecule has 5 nitrogen and oxygen atoms in total. The van der Waals surface area contributed by atoms with Gasteiger partial charge in [0.05, 0.1) is 6.26 Å². The maximum absolute atomic E-state index is 11.6. The highest BCUT2D eigenvalue weighted by molar-refractivity contribution is 14.1. The maximum atomic E-state index is 11.6. The summed E-state index contributed by atoms with van der Waals surface area (Å²) in [5, 5.41) is 9.12. The van der Waals surface area contributed by atoms with Crippen LogP contribution in [0.4, 0.5) is 5.69 Å². The van der Waals surface area contributed by atoms with Crippen molar-refractivity contribution in [2.45, 2.75) is 13.0 Å². The second kappa shape index (κ2) is 7.98. The van der Waals surface area contributed by atoms with Gasteiger partial charge in [-0.05, 0) is 46.2 Å². The number of hydrogen-bond donors (Lipinski definition) is 2. The van der Waals surface area contributed by atoms with E-state index in [2.05, 4.69) is 27.3 Å². The van der Waals surface area contributed by atoms with Gasteiger partial charge in [-0.3, -0.25) is 4.72 Å². The lowest BCUT2D eigenvalue weighted by Gasteiger charge is -2.16. The average Bonchev–Trinajstić information content (AvgIpc) is 2.50. The quantitative estimate of drug-likeness (QED) is 0.641. The number of halogens is 1. The normalized spacial score (nSPS) is 11.3. The molecule has 7 heteroatoms. The van der Waals surface area contributed by atoms with Crippen LogP contribution >= 0.6 is 22.6 Å². The third-order valence-electron chi connectivity index (χ3n) is 3.09. The summed E-state index contributed by atoms with van der Waals surface area (Å²) in [6.45, 7) is 0.341. The molecule has 0 heterocycles. The third-order valence-corrected chi connectivity index (χ3v) is 4.90. The molecule has 0 aliphatic heterocycles. The van der Waals surface area contributed by atoms with Gasteiger partial charge in [-0.2, -0.15) is 0 Å². The van der Waals surface area contributed by atoms with Gasteiger partial charge in [0.25, 0.3) is 0 Å². The van der Waals surface area contributed by atoms with Crippen LogP contribution in [0.15, 0.2) is 42.5 Å². The lowest BCUT2D eigenvalue weighted by atomic mass is 10.1. The summed E-state index contributed by atoms with van der Waals surface area (Å²) in [6, 6.07) is 13.2. The van der Waals surface area contributed by atoms with Crippen molar-refractivity contribution in [1.82, 2.24) is 0 Å². The molecule has 2 aromatic rings. The van der Waals surface area contributed by atoms with Crippen molar-refractivity contribution in [3.05, 3.63) is 57.2 Å². The molecule has 2 rings (SSSR count). The monoisotopic (exact) mass is 447 g/mol. The summed E-state index contributed by atoms with van der Waals surface area (Å²) in [4.78, 5) is 0. The Balaban J connectivity index is 2.31. The van der Waals surface area contributed by atoms with Crippen LogP contribution in [0.1, 0.15) is 11.1 Å². The second-order valence-corrected chi connectivity index (χ2v) is 7.86. The fourth-order valence-corrected chi connectivity index (χ4v) is 3.66. The zero-order valence-corrected chi connectivity index (χ0v) is 15.6. The highest BCUT2D eigenvalue weighted by atomic mass is 127. The Morgan fingerprint density at radius 3 is 2.48 bits per heavy atom. The number of sulfonamides is 1. The Morgan fingerprint density at radius 1 is 1.17 bits per heavy atom. The Morgan fingerprint density at radius 2 is 1.87 bits per heavy atom. The molecule has 124 valence electrons. The van der Waals surface area contributed by atoms with Gasteiger partial charge in [0.2, 0.25) is 10.0 Å². The number of rotatable bonds is 7. The zero-order chi connectivity index (χ0) is 16.9. The minimum atomic E-state index is -3.43. The predicted octanol–water partition coefficient (Wildman–Crippen LogP) is 2.78. The first-order valence-electron chi connectivity index (χ1n) is 6.97. The van der Waals surface area contributed by atoms with Gasteiger partial charge >= 0.3 is 0 Å². The van der Waals surface area contributed by atoms with Crippen LogP contribution < -0.4 is 9.46 Å². The molecule has 0 aliphatic carbocycles. The van der Waals surface area contributed by atoms with Crippen LogP contribution in [0.25, 0.3) is 0 Å². The van der Waals surface area contributed by atoms with Gasteiger partial charge in [-0.1, -0.05) is 36.4 Å². The lowest BCUT2D eigenvalue weighted by Crippen LogP contribution is -2.13. The molecular weight excluding hydrogens is 429 g/mol. The van der Waals surface area contributed by atoms with E-state index >= 15 is 0 Å². The van der Waals surface area contributed by atoms with Gasteiger partial charge in [-0.25, -0.2) is 8.42 Å². The Hall–Kier alpha value is -1.32. The molecule has 0 fully saturated rings. The number of aliphatic hydroxyl groups excluding tert-OH is 1. The summed E-state index contributed by atoms with van der Waals surface area (Å²) in [6.07, 6.45) is 1.55. The SMILES string of the molecule is CS(=O)(=O)Nc1c(OCc2ccccc2)ccc(CCO)c1I. The van der Waals surface area contributed by atoms with E-state index in [9.17, 15) is 8.42 Å². The zero-order valence-electron chi connectivity index (χ0n) is 12.6. The molecule has 0 atom stereocenters. The van der Waals surface area contributed by atoms with Crippen LogP contribution in [0, 0.1) is 3.57 Å². The van der Waals surface area contributed by atoms with Crippen molar-refractivity contribution in [3.63, 3.8) is 0 Å². The van der Waals surface area contributed by atoms with Gasteiger partial charge in [0.15, 0.2) is 0 Å². The molecule has 0 amide bonds. The minimum absolute atomic E-state index is 0.00145. The summed E-state index contributed by atoms with van der Waals surface area (Å²) in [5.41, 5.74) is 2.27. The van der Waals surface area contributed by atoms with Gasteiger partial charge in [-0.15, -0.1) is 0 Å². The molecule has 2 aromatic carbocycles. The highest BCUT2D eigenvalue weighted by Crippen LogP contribution is 2.34. The summed E-state index contributed by atoms with van der Waals surface area (Å²) in [7, 11) is -3.43. The van der Waals surface area contributed by atoms with Gasteiger partial charge in [0.1, 0.15) is 18.0 Å². The Kier molecular flexibility index (Phi) is 6.25. The molecule has 0 bridgehead atoms. The van der Waals surface area contributed by atoms with Gasteiger partial charge < -0.3 is 9.84 Å². The molecule has 0 aliphatic rings. The number of hydrogen-bond acceptors (Lipinski definition) is 4. The van der Waals surface area contributed by atoms with Crippen LogP contribution in [0.2, 0.25) is 0 Å². The third kappa shape index (κ3) is 5.36. The topological polar surface area (TPSA) is 75.6 Å². The highest BCUT2D eigenvalue weighted by Gasteiger charge is 2.16. The largest absolute Gasteiger partial charge is 0.487 e. The maximum Gasteiger partial charge on any atom is 0.229 e. The average molecular weight is 447 g/mol. The number of ether oxygens (including phenoxy) is 1. The standard InChI is InChI=1S/C16H18INO4S/c1-23(20,21)18-16-14(8-7-13(9-10-19)15(16)17)22-11-12-5-3-2-4-6-12/h2-8,18-19H,9-11H2,1H3. The Labute approximate surface area is 149 Å². The van der Waals surface area contributed by atoms with Crippen molar-refractivity contribution in [1.29, 1.82) is 0 Å². The molecule has 23 heavy (non-hydrogen) atoms. The molecular formula is C16H18INO4S.